The Bertz CT molecular complexity index is 1140. The van der Waals surface area contributed by atoms with Gasteiger partial charge in [-0.05, 0) is 48.7 Å². The number of alkyl halides is 3. The second-order valence-electron chi connectivity index (χ2n) is 7.96. The average Bonchev–Trinajstić information content (AvgIpc) is 2.79. The Morgan fingerprint density at radius 1 is 1.09 bits per heavy atom. The number of likely N-dealkylation sites (tertiary alicyclic amines) is 1. The Labute approximate surface area is 182 Å². The minimum Gasteiger partial charge on any atom is -0.338 e. The zero-order valence-corrected chi connectivity index (χ0v) is 17.2. The Hall–Kier alpha value is -3.42. The summed E-state index contributed by atoms with van der Waals surface area (Å²) in [5, 5.41) is 0. The second kappa shape index (κ2) is 8.98. The van der Waals surface area contributed by atoms with Crippen LogP contribution in [0.25, 0.3) is 0 Å². The smallest absolute Gasteiger partial charge is 0.338 e. The van der Waals surface area contributed by atoms with E-state index in [1.807, 2.05) is 18.2 Å². The van der Waals surface area contributed by atoms with Crippen molar-refractivity contribution in [3.63, 3.8) is 0 Å². The number of hydrogen-bond acceptors (Lipinski definition) is 3. The van der Waals surface area contributed by atoms with Crippen LogP contribution >= 0.6 is 0 Å². The number of aromatic amines is 1. The van der Waals surface area contributed by atoms with Crippen molar-refractivity contribution in [3.8, 4) is 0 Å². The number of rotatable bonds is 4. The van der Waals surface area contributed by atoms with Crippen LogP contribution in [-0.2, 0) is 12.6 Å². The molecule has 2 aromatic heterocycles. The maximum absolute atomic E-state index is 12.8. The van der Waals surface area contributed by atoms with Crippen LogP contribution in [0.3, 0.4) is 0 Å². The van der Waals surface area contributed by atoms with Crippen molar-refractivity contribution < 1.29 is 18.0 Å². The molecule has 1 amide bonds. The molecule has 5 nitrogen and oxygen atoms in total. The molecular formula is C24H22F3N3O2. The predicted molar refractivity (Wildman–Crippen MR) is 113 cm³/mol. The zero-order chi connectivity index (χ0) is 22.7. The van der Waals surface area contributed by atoms with Crippen molar-refractivity contribution in [3.05, 3.63) is 99.2 Å². The number of pyridine rings is 2. The van der Waals surface area contributed by atoms with Crippen LogP contribution < -0.4 is 5.56 Å². The number of hydrogen-bond donors (Lipinski definition) is 1. The first-order valence-corrected chi connectivity index (χ1v) is 10.4. The molecule has 0 bridgehead atoms. The fourth-order valence-electron chi connectivity index (χ4n) is 3.97. The molecule has 1 aliphatic heterocycles. The number of nitrogens with one attached hydrogen (secondary N) is 1. The number of H-pyrrole nitrogens is 1. The number of piperidine rings is 1. The molecule has 4 rings (SSSR count). The van der Waals surface area contributed by atoms with Gasteiger partial charge in [-0.25, -0.2) is 0 Å². The van der Waals surface area contributed by atoms with Gasteiger partial charge in [-0.1, -0.05) is 18.2 Å². The van der Waals surface area contributed by atoms with Crippen LogP contribution in [0.4, 0.5) is 13.2 Å². The number of carbonyl (C=O) groups is 1. The van der Waals surface area contributed by atoms with E-state index in [-0.39, 0.29) is 17.4 Å². The highest BCUT2D eigenvalue weighted by atomic mass is 19.4. The van der Waals surface area contributed by atoms with E-state index in [2.05, 4.69) is 4.98 Å². The van der Waals surface area contributed by atoms with E-state index in [0.717, 1.165) is 41.9 Å². The normalized spacial score (nSPS) is 16.7. The maximum atomic E-state index is 12.8. The third-order valence-electron chi connectivity index (χ3n) is 5.65. The van der Waals surface area contributed by atoms with Crippen LogP contribution in [0.2, 0.25) is 0 Å². The van der Waals surface area contributed by atoms with E-state index in [4.69, 9.17) is 4.98 Å². The number of nitrogens with zero attached hydrogens (tertiary/aromatic N) is 2. The molecule has 0 aliphatic carbocycles. The largest absolute Gasteiger partial charge is 0.416 e. The number of halogens is 3. The Balaban J connectivity index is 1.46. The van der Waals surface area contributed by atoms with Crippen molar-refractivity contribution in [2.24, 2.45) is 0 Å². The third kappa shape index (κ3) is 5.07. The van der Waals surface area contributed by atoms with Gasteiger partial charge in [-0.15, -0.1) is 0 Å². The fraction of sp³-hybridized carbons (Fsp3) is 0.292. The lowest BCUT2D eigenvalue weighted by Crippen LogP contribution is -2.39. The van der Waals surface area contributed by atoms with Gasteiger partial charge in [-0.3, -0.25) is 14.6 Å². The lowest BCUT2D eigenvalue weighted by atomic mass is 9.93. The molecule has 32 heavy (non-hydrogen) atoms. The fourth-order valence-corrected chi connectivity index (χ4v) is 3.97. The Morgan fingerprint density at radius 2 is 1.88 bits per heavy atom. The molecule has 166 valence electrons. The first-order valence-electron chi connectivity index (χ1n) is 10.4. The lowest BCUT2D eigenvalue weighted by molar-refractivity contribution is -0.137. The van der Waals surface area contributed by atoms with E-state index >= 15 is 0 Å². The molecule has 0 radical (unpaired) electrons. The molecule has 1 aromatic carbocycles. The number of benzene rings is 1. The molecule has 1 saturated heterocycles. The van der Waals surface area contributed by atoms with E-state index in [9.17, 15) is 22.8 Å². The summed E-state index contributed by atoms with van der Waals surface area (Å²) in [4.78, 5) is 33.1. The SMILES string of the molecule is O=C(c1ccc(=O)[nH]c1)N1CCCC(c2cccc(Cc3ccc(C(F)(F)F)cc3)n2)C1. The van der Waals surface area contributed by atoms with Gasteiger partial charge in [0.2, 0.25) is 5.56 Å². The molecule has 1 fully saturated rings. The highest BCUT2D eigenvalue weighted by Crippen LogP contribution is 2.30. The topological polar surface area (TPSA) is 66.1 Å². The second-order valence-corrected chi connectivity index (χ2v) is 7.96. The third-order valence-corrected chi connectivity index (χ3v) is 5.65. The molecule has 0 saturated carbocycles. The van der Waals surface area contributed by atoms with Gasteiger partial charge < -0.3 is 9.88 Å². The lowest BCUT2D eigenvalue weighted by Gasteiger charge is -2.32. The summed E-state index contributed by atoms with van der Waals surface area (Å²) in [6, 6.07) is 13.6. The standard InChI is InChI=1S/C24H22F3N3O2/c25-24(26,27)19-9-6-16(7-10-19)13-20-4-1-5-21(29-20)18-3-2-12-30(15-18)23(32)17-8-11-22(31)28-14-17/h1,4-11,14,18H,2-3,12-13,15H2,(H,28,31). The van der Waals surface area contributed by atoms with Crippen LogP contribution in [-0.4, -0.2) is 33.9 Å². The minimum absolute atomic E-state index is 0.0722. The van der Waals surface area contributed by atoms with Gasteiger partial charge in [0.05, 0.1) is 11.1 Å². The molecule has 8 heteroatoms. The first-order chi connectivity index (χ1) is 15.3. The molecule has 1 atom stereocenters. The molecule has 3 heterocycles. The van der Waals surface area contributed by atoms with E-state index < -0.39 is 11.7 Å². The quantitative estimate of drug-likeness (QED) is 0.653. The molecule has 3 aromatic rings. The number of carbonyl (C=O) groups excluding carboxylic acids is 1. The van der Waals surface area contributed by atoms with Crippen LogP contribution in [0.5, 0.6) is 0 Å². The van der Waals surface area contributed by atoms with E-state index in [1.54, 1.807) is 4.90 Å². The summed E-state index contributed by atoms with van der Waals surface area (Å²) in [7, 11) is 0. The molecule has 1 N–H and O–H groups in total. The summed E-state index contributed by atoms with van der Waals surface area (Å²) in [6.07, 6.45) is -0.761. The number of amides is 1. The van der Waals surface area contributed by atoms with Gasteiger partial charge in [0.15, 0.2) is 0 Å². The van der Waals surface area contributed by atoms with Crippen molar-refractivity contribution >= 4 is 5.91 Å². The van der Waals surface area contributed by atoms with Gasteiger partial charge in [-0.2, -0.15) is 13.2 Å². The average molecular weight is 441 g/mol. The summed E-state index contributed by atoms with van der Waals surface area (Å²) in [6.45, 7) is 1.16. The van der Waals surface area contributed by atoms with Crippen molar-refractivity contribution in [1.82, 2.24) is 14.9 Å². The van der Waals surface area contributed by atoms with Gasteiger partial charge >= 0.3 is 6.18 Å². The van der Waals surface area contributed by atoms with Crippen LogP contribution in [0.1, 0.15) is 51.6 Å². The summed E-state index contributed by atoms with van der Waals surface area (Å²) in [5.41, 5.74) is 1.90. The highest BCUT2D eigenvalue weighted by Gasteiger charge is 2.30. The minimum atomic E-state index is -4.35. The monoisotopic (exact) mass is 441 g/mol. The molecule has 0 spiro atoms. The molecular weight excluding hydrogens is 419 g/mol. The zero-order valence-electron chi connectivity index (χ0n) is 17.2. The summed E-state index contributed by atoms with van der Waals surface area (Å²) < 4.78 is 38.3. The van der Waals surface area contributed by atoms with Crippen molar-refractivity contribution in [1.29, 1.82) is 0 Å². The van der Waals surface area contributed by atoms with Gasteiger partial charge in [0, 0.05) is 49.1 Å². The highest BCUT2D eigenvalue weighted by molar-refractivity contribution is 5.94. The van der Waals surface area contributed by atoms with E-state index in [1.165, 1.54) is 30.5 Å². The number of aromatic nitrogens is 2. The Morgan fingerprint density at radius 3 is 2.56 bits per heavy atom. The van der Waals surface area contributed by atoms with Crippen molar-refractivity contribution in [2.45, 2.75) is 31.4 Å². The first kappa shape index (κ1) is 21.8. The molecule has 1 unspecified atom stereocenters. The maximum Gasteiger partial charge on any atom is 0.416 e. The predicted octanol–water partition coefficient (Wildman–Crippen LogP) is 4.40. The van der Waals surface area contributed by atoms with Crippen molar-refractivity contribution in [2.75, 3.05) is 13.1 Å². The van der Waals surface area contributed by atoms with Gasteiger partial charge in [0.25, 0.3) is 5.91 Å². The van der Waals surface area contributed by atoms with Gasteiger partial charge in [0.1, 0.15) is 0 Å². The van der Waals surface area contributed by atoms with Crippen LogP contribution in [0.15, 0.2) is 65.6 Å². The van der Waals surface area contributed by atoms with Crippen LogP contribution in [0, 0.1) is 0 Å². The Kier molecular flexibility index (Phi) is 6.12. The molecule has 1 aliphatic rings. The summed E-state index contributed by atoms with van der Waals surface area (Å²) >= 11 is 0. The van der Waals surface area contributed by atoms with E-state index in [0.29, 0.717) is 25.1 Å². The summed E-state index contributed by atoms with van der Waals surface area (Å²) in [5.74, 6) is -0.0603.